The summed E-state index contributed by atoms with van der Waals surface area (Å²) in [6.07, 6.45) is 1.76. The van der Waals surface area contributed by atoms with Crippen LogP contribution in [0, 0.1) is 0 Å². The van der Waals surface area contributed by atoms with Crippen molar-refractivity contribution in [3.63, 3.8) is 0 Å². The summed E-state index contributed by atoms with van der Waals surface area (Å²) in [5.74, 6) is 0.867. The molecule has 0 aliphatic heterocycles. The molecule has 0 aliphatic rings. The van der Waals surface area contributed by atoms with Crippen molar-refractivity contribution >= 4 is 21.6 Å². The monoisotopic (exact) mass is 306 g/mol. The maximum absolute atomic E-state index is 5.23. The molecule has 1 unspecified atom stereocenters. The fraction of sp³-hybridized carbons (Fsp3) is 0.214. The van der Waals surface area contributed by atoms with Gasteiger partial charge in [-0.3, -0.25) is 0 Å². The van der Waals surface area contributed by atoms with E-state index >= 15 is 0 Å². The van der Waals surface area contributed by atoms with Gasteiger partial charge in [0.1, 0.15) is 10.4 Å². The van der Waals surface area contributed by atoms with Crippen LogP contribution in [0.15, 0.2) is 47.2 Å². The predicted octanol–water partition coefficient (Wildman–Crippen LogP) is 4.03. The van der Waals surface area contributed by atoms with E-state index in [1.54, 1.807) is 13.3 Å². The first-order chi connectivity index (χ1) is 8.70. The Hall–Kier alpha value is -1.55. The number of anilines is 1. The van der Waals surface area contributed by atoms with Crippen LogP contribution in [0.4, 0.5) is 5.69 Å². The van der Waals surface area contributed by atoms with Crippen molar-refractivity contribution in [1.29, 1.82) is 0 Å². The quantitative estimate of drug-likeness (QED) is 0.866. The molecular weight excluding hydrogens is 292 g/mol. The van der Waals surface area contributed by atoms with E-state index in [0.29, 0.717) is 0 Å². The molecule has 0 saturated carbocycles. The molecule has 2 rings (SSSR count). The van der Waals surface area contributed by atoms with Gasteiger partial charge in [0.2, 0.25) is 0 Å². The molecule has 0 spiro atoms. The molecule has 1 aromatic carbocycles. The fourth-order valence-corrected chi connectivity index (χ4v) is 2.09. The molecule has 1 heterocycles. The Morgan fingerprint density at radius 1 is 1.28 bits per heavy atom. The molecule has 1 N–H and O–H groups in total. The van der Waals surface area contributed by atoms with Crippen LogP contribution in [-0.4, -0.2) is 12.1 Å². The van der Waals surface area contributed by atoms with E-state index in [9.17, 15) is 0 Å². The van der Waals surface area contributed by atoms with E-state index in [0.717, 1.165) is 16.0 Å². The van der Waals surface area contributed by atoms with Gasteiger partial charge < -0.3 is 10.1 Å². The zero-order valence-corrected chi connectivity index (χ0v) is 11.9. The van der Waals surface area contributed by atoms with Crippen LogP contribution in [0.2, 0.25) is 0 Å². The number of nitrogens with one attached hydrogen (secondary N) is 1. The maximum atomic E-state index is 5.23. The Morgan fingerprint density at radius 3 is 2.83 bits per heavy atom. The van der Waals surface area contributed by atoms with Crippen LogP contribution in [-0.2, 0) is 0 Å². The van der Waals surface area contributed by atoms with Crippen LogP contribution in [0.3, 0.4) is 0 Å². The normalized spacial score (nSPS) is 11.9. The lowest BCUT2D eigenvalue weighted by molar-refractivity contribution is 0.414. The zero-order chi connectivity index (χ0) is 13.0. The van der Waals surface area contributed by atoms with Crippen LogP contribution in [0.25, 0.3) is 0 Å². The lowest BCUT2D eigenvalue weighted by Gasteiger charge is -2.17. The Kier molecular flexibility index (Phi) is 4.20. The number of ether oxygens (including phenoxy) is 1. The molecule has 1 atom stereocenters. The van der Waals surface area contributed by atoms with Gasteiger partial charge in [-0.05, 0) is 52.7 Å². The highest BCUT2D eigenvalue weighted by Crippen LogP contribution is 2.26. The van der Waals surface area contributed by atoms with Gasteiger partial charge in [-0.1, -0.05) is 12.1 Å². The molecule has 0 saturated heterocycles. The maximum Gasteiger partial charge on any atom is 0.129 e. The number of aromatic nitrogens is 1. The third-order valence-electron chi connectivity index (χ3n) is 2.72. The average molecular weight is 307 g/mol. The minimum Gasteiger partial charge on any atom is -0.497 e. The summed E-state index contributed by atoms with van der Waals surface area (Å²) in [4.78, 5) is 4.19. The molecule has 4 heteroatoms. The zero-order valence-electron chi connectivity index (χ0n) is 10.4. The Bertz CT molecular complexity index is 531. The van der Waals surface area contributed by atoms with Gasteiger partial charge in [-0.15, -0.1) is 0 Å². The Balaban J connectivity index is 2.16. The summed E-state index contributed by atoms with van der Waals surface area (Å²) in [6, 6.07) is 12.1. The predicted molar refractivity (Wildman–Crippen MR) is 77.0 cm³/mol. The van der Waals surface area contributed by atoms with Crippen molar-refractivity contribution < 1.29 is 4.74 Å². The minimum absolute atomic E-state index is 0.181. The SMILES string of the molecule is COc1cccc(C(C)Nc2cccnc2Br)c1. The van der Waals surface area contributed by atoms with Gasteiger partial charge in [0.25, 0.3) is 0 Å². The summed E-state index contributed by atoms with van der Waals surface area (Å²) in [7, 11) is 1.68. The van der Waals surface area contributed by atoms with Crippen LogP contribution in [0.5, 0.6) is 5.75 Å². The molecule has 94 valence electrons. The number of hydrogen-bond donors (Lipinski definition) is 1. The highest BCUT2D eigenvalue weighted by Gasteiger charge is 2.08. The molecule has 0 amide bonds. The summed E-state index contributed by atoms with van der Waals surface area (Å²) < 4.78 is 6.05. The van der Waals surface area contributed by atoms with E-state index < -0.39 is 0 Å². The van der Waals surface area contributed by atoms with E-state index in [-0.39, 0.29) is 6.04 Å². The lowest BCUT2D eigenvalue weighted by atomic mass is 10.1. The molecule has 0 aliphatic carbocycles. The first-order valence-electron chi connectivity index (χ1n) is 5.71. The van der Waals surface area contributed by atoms with Crippen molar-refractivity contribution in [3.05, 3.63) is 52.8 Å². The largest absolute Gasteiger partial charge is 0.497 e. The second-order valence-corrected chi connectivity index (χ2v) is 4.74. The second kappa shape index (κ2) is 5.87. The molecule has 1 aromatic heterocycles. The third-order valence-corrected chi connectivity index (χ3v) is 3.36. The van der Waals surface area contributed by atoms with Gasteiger partial charge in [0.05, 0.1) is 12.8 Å². The third kappa shape index (κ3) is 3.01. The van der Waals surface area contributed by atoms with Gasteiger partial charge in [0.15, 0.2) is 0 Å². The van der Waals surface area contributed by atoms with Gasteiger partial charge in [0, 0.05) is 12.2 Å². The van der Waals surface area contributed by atoms with Crippen LogP contribution < -0.4 is 10.1 Å². The number of rotatable bonds is 4. The Labute approximate surface area is 115 Å². The summed E-state index contributed by atoms with van der Waals surface area (Å²) >= 11 is 3.43. The number of hydrogen-bond acceptors (Lipinski definition) is 3. The highest BCUT2D eigenvalue weighted by molar-refractivity contribution is 9.10. The fourth-order valence-electron chi connectivity index (χ4n) is 1.72. The number of pyridine rings is 1. The van der Waals surface area contributed by atoms with Gasteiger partial charge in [-0.2, -0.15) is 0 Å². The number of nitrogens with zero attached hydrogens (tertiary/aromatic N) is 1. The molecule has 0 radical (unpaired) electrons. The van der Waals surface area contributed by atoms with Crippen molar-refractivity contribution in [2.45, 2.75) is 13.0 Å². The van der Waals surface area contributed by atoms with Crippen LogP contribution in [0.1, 0.15) is 18.5 Å². The van der Waals surface area contributed by atoms with Crippen LogP contribution >= 0.6 is 15.9 Å². The molecule has 2 aromatic rings. The first kappa shape index (κ1) is 12.9. The van der Waals surface area contributed by atoms with E-state index in [2.05, 4.69) is 39.2 Å². The number of methoxy groups -OCH3 is 1. The van der Waals surface area contributed by atoms with Crippen molar-refractivity contribution in [2.75, 3.05) is 12.4 Å². The van der Waals surface area contributed by atoms with Crippen molar-refractivity contribution in [2.24, 2.45) is 0 Å². The molecule has 18 heavy (non-hydrogen) atoms. The highest BCUT2D eigenvalue weighted by atomic mass is 79.9. The molecular formula is C14H15BrN2O. The minimum atomic E-state index is 0.181. The Morgan fingerprint density at radius 2 is 2.11 bits per heavy atom. The smallest absolute Gasteiger partial charge is 0.129 e. The van der Waals surface area contributed by atoms with Crippen molar-refractivity contribution in [3.8, 4) is 5.75 Å². The van der Waals surface area contributed by atoms with Crippen molar-refractivity contribution in [1.82, 2.24) is 4.98 Å². The summed E-state index contributed by atoms with van der Waals surface area (Å²) in [5, 5.41) is 3.41. The lowest BCUT2D eigenvalue weighted by Crippen LogP contribution is -2.07. The number of halogens is 1. The van der Waals surface area contributed by atoms with E-state index in [1.165, 1.54) is 5.56 Å². The van der Waals surface area contributed by atoms with E-state index in [1.807, 2.05) is 30.3 Å². The first-order valence-corrected chi connectivity index (χ1v) is 6.51. The number of benzene rings is 1. The summed E-state index contributed by atoms with van der Waals surface area (Å²) in [5.41, 5.74) is 2.15. The van der Waals surface area contributed by atoms with Gasteiger partial charge in [-0.25, -0.2) is 4.98 Å². The second-order valence-electron chi connectivity index (χ2n) is 3.98. The van der Waals surface area contributed by atoms with E-state index in [4.69, 9.17) is 4.74 Å². The molecule has 0 bridgehead atoms. The topological polar surface area (TPSA) is 34.1 Å². The standard InChI is InChI=1S/C14H15BrN2O/c1-10(11-5-3-6-12(9-11)18-2)17-13-7-4-8-16-14(13)15/h3-10,17H,1-2H3. The molecule has 0 fully saturated rings. The summed E-state index contributed by atoms with van der Waals surface area (Å²) in [6.45, 7) is 2.11. The molecule has 3 nitrogen and oxygen atoms in total. The average Bonchev–Trinajstić information content (AvgIpc) is 2.41. The van der Waals surface area contributed by atoms with Gasteiger partial charge >= 0.3 is 0 Å².